The van der Waals surface area contributed by atoms with Crippen LogP contribution >= 0.6 is 0 Å². The van der Waals surface area contributed by atoms with Crippen LogP contribution in [-0.4, -0.2) is 10.9 Å². The van der Waals surface area contributed by atoms with Crippen LogP contribution in [0, 0.1) is 5.92 Å². The Bertz CT molecular complexity index is 215. The molecule has 0 aliphatic carbocycles. The van der Waals surface area contributed by atoms with E-state index >= 15 is 0 Å². The average Bonchev–Trinajstić information content (AvgIpc) is 2.53. The molecule has 0 bridgehead atoms. The second kappa shape index (κ2) is 3.37. The van der Waals surface area contributed by atoms with Crippen LogP contribution < -0.4 is 0 Å². The van der Waals surface area contributed by atoms with Crippen LogP contribution in [-0.2, 0) is 4.79 Å². The molecule has 1 aromatic rings. The molecule has 0 saturated heterocycles. The van der Waals surface area contributed by atoms with E-state index in [0.29, 0.717) is 0 Å². The zero-order valence-corrected chi connectivity index (χ0v) is 6.90. The summed E-state index contributed by atoms with van der Waals surface area (Å²) in [6.45, 7) is 3.97. The maximum absolute atomic E-state index is 10.4. The predicted octanol–water partition coefficient (Wildman–Crippen LogP) is 1.88. The Labute approximate surface area is 66.8 Å². The average molecular weight is 151 g/mol. The SMILES string of the molecule is C[C@H](C=O)[C@H](C)n1cccc1. The van der Waals surface area contributed by atoms with E-state index in [-0.39, 0.29) is 12.0 Å². The van der Waals surface area contributed by atoms with Gasteiger partial charge in [-0.25, -0.2) is 0 Å². The first-order valence-electron chi connectivity index (χ1n) is 3.83. The molecule has 1 aromatic heterocycles. The van der Waals surface area contributed by atoms with Crippen LogP contribution in [0.25, 0.3) is 0 Å². The molecule has 0 aliphatic heterocycles. The third-order valence-corrected chi connectivity index (χ3v) is 2.07. The molecule has 0 unspecified atom stereocenters. The van der Waals surface area contributed by atoms with Gasteiger partial charge in [0, 0.05) is 24.4 Å². The van der Waals surface area contributed by atoms with Crippen molar-refractivity contribution in [2.24, 2.45) is 5.92 Å². The standard InChI is InChI=1S/C9H13NO/c1-8(7-11)9(2)10-5-3-4-6-10/h3-9H,1-2H3/t8-,9+/m1/s1. The quantitative estimate of drug-likeness (QED) is 0.604. The van der Waals surface area contributed by atoms with Crippen molar-refractivity contribution in [3.63, 3.8) is 0 Å². The molecule has 0 fully saturated rings. The van der Waals surface area contributed by atoms with E-state index in [2.05, 4.69) is 0 Å². The van der Waals surface area contributed by atoms with E-state index < -0.39 is 0 Å². The van der Waals surface area contributed by atoms with Crippen LogP contribution in [0.1, 0.15) is 19.9 Å². The Balaban J connectivity index is 2.69. The molecule has 0 spiro atoms. The molecular weight excluding hydrogens is 138 g/mol. The van der Waals surface area contributed by atoms with Crippen LogP contribution in [0.4, 0.5) is 0 Å². The van der Waals surface area contributed by atoms with Crippen LogP contribution in [0.2, 0.25) is 0 Å². The maximum Gasteiger partial charge on any atom is 0.124 e. The summed E-state index contributed by atoms with van der Waals surface area (Å²) in [7, 11) is 0. The van der Waals surface area contributed by atoms with Crippen molar-refractivity contribution in [2.75, 3.05) is 0 Å². The summed E-state index contributed by atoms with van der Waals surface area (Å²) in [6.07, 6.45) is 4.94. The van der Waals surface area contributed by atoms with Gasteiger partial charge in [-0.05, 0) is 19.1 Å². The highest BCUT2D eigenvalue weighted by Crippen LogP contribution is 2.14. The van der Waals surface area contributed by atoms with E-state index in [4.69, 9.17) is 0 Å². The van der Waals surface area contributed by atoms with Crippen molar-refractivity contribution in [3.8, 4) is 0 Å². The van der Waals surface area contributed by atoms with Gasteiger partial charge < -0.3 is 9.36 Å². The van der Waals surface area contributed by atoms with Gasteiger partial charge in [-0.2, -0.15) is 0 Å². The maximum atomic E-state index is 10.4. The molecule has 0 amide bonds. The van der Waals surface area contributed by atoms with Crippen molar-refractivity contribution >= 4 is 6.29 Å². The monoisotopic (exact) mass is 151 g/mol. The van der Waals surface area contributed by atoms with Gasteiger partial charge in [-0.1, -0.05) is 6.92 Å². The highest BCUT2D eigenvalue weighted by Gasteiger charge is 2.10. The molecule has 0 aromatic carbocycles. The van der Waals surface area contributed by atoms with Crippen molar-refractivity contribution in [3.05, 3.63) is 24.5 Å². The Morgan fingerprint density at radius 2 is 1.82 bits per heavy atom. The number of carbonyl (C=O) groups is 1. The first kappa shape index (κ1) is 8.05. The largest absolute Gasteiger partial charge is 0.351 e. The number of aldehydes is 1. The summed E-state index contributed by atoms with van der Waals surface area (Å²) in [5.74, 6) is 0.0856. The zero-order chi connectivity index (χ0) is 8.27. The lowest BCUT2D eigenvalue weighted by molar-refractivity contribution is -0.111. The van der Waals surface area contributed by atoms with Gasteiger partial charge >= 0.3 is 0 Å². The molecule has 0 aliphatic rings. The van der Waals surface area contributed by atoms with Gasteiger partial charge in [-0.15, -0.1) is 0 Å². The summed E-state index contributed by atoms with van der Waals surface area (Å²) in [5, 5.41) is 0. The first-order valence-corrected chi connectivity index (χ1v) is 3.83. The van der Waals surface area contributed by atoms with Gasteiger partial charge in [0.1, 0.15) is 6.29 Å². The Morgan fingerprint density at radius 1 is 1.27 bits per heavy atom. The van der Waals surface area contributed by atoms with Gasteiger partial charge in [0.15, 0.2) is 0 Å². The molecule has 1 rings (SSSR count). The number of aromatic nitrogens is 1. The van der Waals surface area contributed by atoms with E-state index in [1.54, 1.807) is 0 Å². The molecule has 2 atom stereocenters. The normalized spacial score (nSPS) is 15.8. The van der Waals surface area contributed by atoms with Crippen LogP contribution in [0.3, 0.4) is 0 Å². The van der Waals surface area contributed by atoms with Gasteiger partial charge in [0.25, 0.3) is 0 Å². The molecule has 0 radical (unpaired) electrons. The summed E-state index contributed by atoms with van der Waals surface area (Å²) in [6, 6.07) is 4.20. The lowest BCUT2D eigenvalue weighted by Gasteiger charge is -2.15. The van der Waals surface area contributed by atoms with Gasteiger partial charge in [0.2, 0.25) is 0 Å². The highest BCUT2D eigenvalue weighted by molar-refractivity contribution is 5.53. The van der Waals surface area contributed by atoms with E-state index in [9.17, 15) is 4.79 Å². The summed E-state index contributed by atoms with van der Waals surface area (Å²) in [4.78, 5) is 10.4. The van der Waals surface area contributed by atoms with E-state index in [0.717, 1.165) is 6.29 Å². The number of rotatable bonds is 3. The van der Waals surface area contributed by atoms with E-state index in [1.807, 2.05) is 42.9 Å². The molecule has 11 heavy (non-hydrogen) atoms. The number of hydrogen-bond acceptors (Lipinski definition) is 1. The molecule has 0 saturated carbocycles. The molecule has 2 nitrogen and oxygen atoms in total. The number of nitrogens with zero attached hydrogens (tertiary/aromatic N) is 1. The minimum absolute atomic E-state index is 0.0856. The van der Waals surface area contributed by atoms with Crippen molar-refractivity contribution in [2.45, 2.75) is 19.9 Å². The van der Waals surface area contributed by atoms with Crippen molar-refractivity contribution < 1.29 is 4.79 Å². The molecule has 60 valence electrons. The van der Waals surface area contributed by atoms with Crippen molar-refractivity contribution in [1.29, 1.82) is 0 Å². The molecular formula is C9H13NO. The lowest BCUT2D eigenvalue weighted by atomic mass is 10.1. The Morgan fingerprint density at radius 3 is 2.27 bits per heavy atom. The number of hydrogen-bond donors (Lipinski definition) is 0. The van der Waals surface area contributed by atoms with Crippen LogP contribution in [0.15, 0.2) is 24.5 Å². The minimum atomic E-state index is 0.0856. The Hall–Kier alpha value is -1.05. The summed E-state index contributed by atoms with van der Waals surface area (Å²) < 4.78 is 2.04. The highest BCUT2D eigenvalue weighted by atomic mass is 16.1. The van der Waals surface area contributed by atoms with E-state index in [1.165, 1.54) is 0 Å². The second-order valence-corrected chi connectivity index (χ2v) is 2.87. The minimum Gasteiger partial charge on any atom is -0.351 e. The van der Waals surface area contributed by atoms with Gasteiger partial charge in [-0.3, -0.25) is 0 Å². The Kier molecular flexibility index (Phi) is 2.47. The fourth-order valence-electron chi connectivity index (χ4n) is 1.00. The predicted molar refractivity (Wildman–Crippen MR) is 44.4 cm³/mol. The fourth-order valence-corrected chi connectivity index (χ4v) is 1.00. The van der Waals surface area contributed by atoms with Gasteiger partial charge in [0.05, 0.1) is 0 Å². The fraction of sp³-hybridized carbons (Fsp3) is 0.444. The number of carbonyl (C=O) groups excluding carboxylic acids is 1. The third kappa shape index (κ3) is 1.70. The molecule has 0 N–H and O–H groups in total. The van der Waals surface area contributed by atoms with Crippen molar-refractivity contribution in [1.82, 2.24) is 4.57 Å². The summed E-state index contributed by atoms with van der Waals surface area (Å²) in [5.41, 5.74) is 0. The second-order valence-electron chi connectivity index (χ2n) is 2.87. The molecule has 2 heteroatoms. The summed E-state index contributed by atoms with van der Waals surface area (Å²) >= 11 is 0. The lowest BCUT2D eigenvalue weighted by Crippen LogP contribution is -2.13. The first-order chi connectivity index (χ1) is 5.25. The molecule has 1 heterocycles. The smallest absolute Gasteiger partial charge is 0.124 e. The van der Waals surface area contributed by atoms with Crippen LogP contribution in [0.5, 0.6) is 0 Å². The zero-order valence-electron chi connectivity index (χ0n) is 6.90. The topological polar surface area (TPSA) is 22.0 Å². The third-order valence-electron chi connectivity index (χ3n) is 2.07.